The van der Waals surface area contributed by atoms with E-state index in [1.807, 2.05) is 13.0 Å². The molecule has 0 N–H and O–H groups in total. The molecule has 0 spiro atoms. The molecule has 0 saturated heterocycles. The second kappa shape index (κ2) is 5.39. The van der Waals surface area contributed by atoms with E-state index in [0.29, 0.717) is 10.0 Å². The van der Waals surface area contributed by atoms with Crippen LogP contribution in [0.3, 0.4) is 0 Å². The highest BCUT2D eigenvalue weighted by atomic mass is 79.9. The molecule has 0 amide bonds. The molecule has 0 aliphatic carbocycles. The smallest absolute Gasteiger partial charge is 0.142 e. The van der Waals surface area contributed by atoms with Gasteiger partial charge in [-0.25, -0.2) is 4.39 Å². The lowest BCUT2D eigenvalue weighted by Gasteiger charge is -2.10. The molecule has 90 valence electrons. The minimum Gasteiger partial charge on any atom is -0.205 e. The van der Waals surface area contributed by atoms with E-state index in [4.69, 9.17) is 11.6 Å². The maximum Gasteiger partial charge on any atom is 0.142 e. The van der Waals surface area contributed by atoms with Gasteiger partial charge in [-0.2, -0.15) is 0 Å². The third kappa shape index (κ3) is 2.75. The summed E-state index contributed by atoms with van der Waals surface area (Å²) in [4.78, 5) is 2.08. The summed E-state index contributed by atoms with van der Waals surface area (Å²) < 4.78 is 15.3. The first-order valence-electron chi connectivity index (χ1n) is 4.84. The number of hydrogen-bond acceptors (Lipinski definition) is 1. The van der Waals surface area contributed by atoms with Gasteiger partial charge in [0, 0.05) is 19.8 Å². The van der Waals surface area contributed by atoms with Crippen molar-refractivity contribution in [1.82, 2.24) is 0 Å². The minimum atomic E-state index is -0.472. The molecule has 2 rings (SSSR count). The molecular formula is C12H8Br2ClFS. The van der Waals surface area contributed by atoms with E-state index in [1.165, 1.54) is 0 Å². The van der Waals surface area contributed by atoms with Crippen molar-refractivity contribution < 1.29 is 4.39 Å². The Hall–Kier alpha value is 0.1000. The highest BCUT2D eigenvalue weighted by molar-refractivity contribution is 9.10. The number of halogens is 4. The van der Waals surface area contributed by atoms with Crippen LogP contribution in [0.5, 0.6) is 0 Å². The largest absolute Gasteiger partial charge is 0.205 e. The van der Waals surface area contributed by atoms with Crippen molar-refractivity contribution in [3.63, 3.8) is 0 Å². The Kier molecular flexibility index (Phi) is 4.29. The van der Waals surface area contributed by atoms with E-state index in [0.717, 1.165) is 14.2 Å². The standard InChI is InChI=1S/C12H8Br2ClFS/c1-6-5-9(14)12(17-6)10(15)7-3-2-4-8(13)11(7)16/h2-5,10H,1H3. The Bertz CT molecular complexity index is 553. The summed E-state index contributed by atoms with van der Waals surface area (Å²) >= 11 is 14.5. The molecule has 0 saturated carbocycles. The second-order valence-electron chi connectivity index (χ2n) is 3.57. The lowest BCUT2D eigenvalue weighted by Crippen LogP contribution is -1.96. The molecule has 0 nitrogen and oxygen atoms in total. The van der Waals surface area contributed by atoms with E-state index < -0.39 is 5.38 Å². The van der Waals surface area contributed by atoms with Crippen LogP contribution in [0, 0.1) is 12.7 Å². The van der Waals surface area contributed by atoms with Crippen molar-refractivity contribution in [3.05, 3.63) is 54.3 Å². The Labute approximate surface area is 125 Å². The van der Waals surface area contributed by atoms with Crippen molar-refractivity contribution in [2.45, 2.75) is 12.3 Å². The molecule has 1 aromatic heterocycles. The molecule has 1 unspecified atom stereocenters. The molecule has 0 aliphatic heterocycles. The summed E-state index contributed by atoms with van der Waals surface area (Å²) in [5.74, 6) is -0.301. The number of hydrogen-bond donors (Lipinski definition) is 0. The number of rotatable bonds is 2. The van der Waals surface area contributed by atoms with Gasteiger partial charge in [-0.3, -0.25) is 0 Å². The van der Waals surface area contributed by atoms with Crippen molar-refractivity contribution in [3.8, 4) is 0 Å². The molecule has 1 aromatic carbocycles. The fourth-order valence-electron chi connectivity index (χ4n) is 1.53. The normalized spacial score (nSPS) is 12.8. The molecule has 1 atom stereocenters. The van der Waals surface area contributed by atoms with Crippen LogP contribution in [-0.2, 0) is 0 Å². The van der Waals surface area contributed by atoms with Crippen LogP contribution in [0.1, 0.15) is 20.7 Å². The first-order chi connectivity index (χ1) is 8.00. The van der Waals surface area contributed by atoms with Gasteiger partial charge in [-0.05, 0) is 50.9 Å². The van der Waals surface area contributed by atoms with Crippen molar-refractivity contribution in [2.24, 2.45) is 0 Å². The topological polar surface area (TPSA) is 0 Å². The number of aryl methyl sites for hydroxylation is 1. The van der Waals surface area contributed by atoms with Crippen LogP contribution in [0.4, 0.5) is 4.39 Å². The van der Waals surface area contributed by atoms with Crippen LogP contribution in [0.15, 0.2) is 33.2 Å². The first kappa shape index (κ1) is 13.5. The third-order valence-electron chi connectivity index (χ3n) is 2.32. The monoisotopic (exact) mass is 396 g/mol. The minimum absolute atomic E-state index is 0.301. The number of thiophene rings is 1. The van der Waals surface area contributed by atoms with Gasteiger partial charge in [0.05, 0.1) is 9.85 Å². The van der Waals surface area contributed by atoms with Gasteiger partial charge in [-0.15, -0.1) is 22.9 Å². The predicted octanol–water partition coefficient (Wildman–Crippen LogP) is 6.05. The summed E-state index contributed by atoms with van der Waals surface area (Å²) in [6, 6.07) is 7.15. The Morgan fingerprint density at radius 2 is 2.00 bits per heavy atom. The lowest BCUT2D eigenvalue weighted by atomic mass is 10.1. The summed E-state index contributed by atoms with van der Waals surface area (Å²) in [6.45, 7) is 2.00. The maximum atomic E-state index is 13.9. The van der Waals surface area contributed by atoms with E-state index >= 15 is 0 Å². The van der Waals surface area contributed by atoms with Crippen molar-refractivity contribution in [2.75, 3.05) is 0 Å². The van der Waals surface area contributed by atoms with Gasteiger partial charge in [0.25, 0.3) is 0 Å². The van der Waals surface area contributed by atoms with Crippen molar-refractivity contribution >= 4 is 54.8 Å². The van der Waals surface area contributed by atoms with Crippen LogP contribution in [0.2, 0.25) is 0 Å². The van der Waals surface area contributed by atoms with Gasteiger partial charge in [-0.1, -0.05) is 12.1 Å². The fraction of sp³-hybridized carbons (Fsp3) is 0.167. The fourth-order valence-corrected chi connectivity index (χ4v) is 4.34. The molecule has 1 heterocycles. The molecule has 5 heteroatoms. The second-order valence-corrected chi connectivity index (χ2v) is 7.01. The summed E-state index contributed by atoms with van der Waals surface area (Å²) in [7, 11) is 0. The zero-order valence-corrected chi connectivity index (χ0v) is 13.6. The molecule has 0 fully saturated rings. The maximum absolute atomic E-state index is 13.9. The highest BCUT2D eigenvalue weighted by Crippen LogP contribution is 2.41. The van der Waals surface area contributed by atoms with Crippen molar-refractivity contribution in [1.29, 1.82) is 0 Å². The van der Waals surface area contributed by atoms with Gasteiger partial charge in [0.1, 0.15) is 5.82 Å². The van der Waals surface area contributed by atoms with Gasteiger partial charge >= 0.3 is 0 Å². The number of alkyl halides is 1. The van der Waals surface area contributed by atoms with Gasteiger partial charge in [0.2, 0.25) is 0 Å². The van der Waals surface area contributed by atoms with E-state index in [-0.39, 0.29) is 5.82 Å². The van der Waals surface area contributed by atoms with Crippen LogP contribution < -0.4 is 0 Å². The molecule has 0 radical (unpaired) electrons. The van der Waals surface area contributed by atoms with E-state index in [9.17, 15) is 4.39 Å². The molecule has 0 bridgehead atoms. The van der Waals surface area contributed by atoms with Crippen LogP contribution in [-0.4, -0.2) is 0 Å². The Morgan fingerprint density at radius 3 is 2.59 bits per heavy atom. The molecule has 2 aromatic rings. The van der Waals surface area contributed by atoms with E-state index in [2.05, 4.69) is 31.9 Å². The lowest BCUT2D eigenvalue weighted by molar-refractivity contribution is 0.606. The van der Waals surface area contributed by atoms with E-state index in [1.54, 1.807) is 29.5 Å². The summed E-state index contributed by atoms with van der Waals surface area (Å²) in [5.41, 5.74) is 0.489. The summed E-state index contributed by atoms with van der Waals surface area (Å²) in [5, 5.41) is -0.472. The predicted molar refractivity (Wildman–Crippen MR) is 78.6 cm³/mol. The Morgan fingerprint density at radius 1 is 1.29 bits per heavy atom. The number of benzene rings is 1. The SMILES string of the molecule is Cc1cc(Br)c(C(Cl)c2cccc(Br)c2F)s1. The van der Waals surface area contributed by atoms with Gasteiger partial charge in [0.15, 0.2) is 0 Å². The molecular weight excluding hydrogens is 390 g/mol. The molecule has 17 heavy (non-hydrogen) atoms. The average molecular weight is 399 g/mol. The zero-order valence-electron chi connectivity index (χ0n) is 8.81. The Balaban J connectivity index is 2.47. The van der Waals surface area contributed by atoms with Crippen LogP contribution in [0.25, 0.3) is 0 Å². The zero-order chi connectivity index (χ0) is 12.6. The van der Waals surface area contributed by atoms with Gasteiger partial charge < -0.3 is 0 Å². The molecule has 0 aliphatic rings. The summed E-state index contributed by atoms with van der Waals surface area (Å²) in [6.07, 6.45) is 0. The highest BCUT2D eigenvalue weighted by Gasteiger charge is 2.20. The third-order valence-corrected chi connectivity index (χ3v) is 5.55. The first-order valence-corrected chi connectivity index (χ1v) is 7.68. The van der Waals surface area contributed by atoms with Crippen LogP contribution >= 0.6 is 54.8 Å². The quantitative estimate of drug-likeness (QED) is 0.540. The average Bonchev–Trinajstić information content (AvgIpc) is 2.61.